The van der Waals surface area contributed by atoms with Crippen LogP contribution in [0.25, 0.3) is 0 Å². The first-order chi connectivity index (χ1) is 7.52. The molecular formula is C11H17N3O2. The molecule has 5 heteroatoms. The van der Waals surface area contributed by atoms with E-state index in [9.17, 15) is 4.79 Å². The first-order valence-electron chi connectivity index (χ1n) is 5.53. The van der Waals surface area contributed by atoms with Gasteiger partial charge >= 0.3 is 0 Å². The van der Waals surface area contributed by atoms with Gasteiger partial charge in [0.05, 0.1) is 11.1 Å². The number of hydrogen-bond acceptors (Lipinski definition) is 4. The van der Waals surface area contributed by atoms with Gasteiger partial charge in [-0.15, -0.1) is 0 Å². The second-order valence-corrected chi connectivity index (χ2v) is 4.70. The Morgan fingerprint density at radius 3 is 3.00 bits per heavy atom. The van der Waals surface area contributed by atoms with Gasteiger partial charge in [-0.3, -0.25) is 10.1 Å². The van der Waals surface area contributed by atoms with E-state index >= 15 is 0 Å². The number of nitrogens with zero attached hydrogens (tertiary/aromatic N) is 1. The summed E-state index contributed by atoms with van der Waals surface area (Å²) in [5.41, 5.74) is 6.23. The van der Waals surface area contributed by atoms with Crippen LogP contribution in [-0.4, -0.2) is 17.1 Å². The number of aryl methyl sites for hydroxylation is 1. The average Bonchev–Trinajstić information content (AvgIpc) is 2.76. The standard InChI is InChI=1S/C11H17N3O2/c1-7-6-9(16-14-7)13-10(15)11(2)5-3-4-8(11)12/h6,8H,3-5,12H2,1-2H3,(H,13,15). The Balaban J connectivity index is 2.08. The van der Waals surface area contributed by atoms with E-state index in [0.717, 1.165) is 25.0 Å². The predicted octanol–water partition coefficient (Wildman–Crippen LogP) is 1.44. The van der Waals surface area contributed by atoms with Crippen LogP contribution in [0.1, 0.15) is 31.9 Å². The molecule has 5 nitrogen and oxygen atoms in total. The van der Waals surface area contributed by atoms with Crippen LogP contribution in [0.4, 0.5) is 5.88 Å². The number of nitrogens with two attached hydrogens (primary N) is 1. The van der Waals surface area contributed by atoms with Gasteiger partial charge in [0, 0.05) is 12.1 Å². The van der Waals surface area contributed by atoms with Crippen LogP contribution in [0.2, 0.25) is 0 Å². The van der Waals surface area contributed by atoms with E-state index < -0.39 is 5.41 Å². The molecule has 1 aliphatic carbocycles. The highest BCUT2D eigenvalue weighted by molar-refractivity contribution is 5.94. The quantitative estimate of drug-likeness (QED) is 0.794. The molecule has 0 spiro atoms. The molecule has 1 aromatic rings. The summed E-state index contributed by atoms with van der Waals surface area (Å²) in [6, 6.07) is 1.62. The molecule has 1 aromatic heterocycles. The van der Waals surface area contributed by atoms with Gasteiger partial charge in [-0.1, -0.05) is 11.6 Å². The molecule has 0 saturated heterocycles. The van der Waals surface area contributed by atoms with Gasteiger partial charge in [-0.05, 0) is 26.7 Å². The molecule has 1 saturated carbocycles. The number of carbonyl (C=O) groups is 1. The first-order valence-corrected chi connectivity index (χ1v) is 5.53. The fraction of sp³-hybridized carbons (Fsp3) is 0.636. The third-order valence-corrected chi connectivity index (χ3v) is 3.41. The number of hydrogen-bond donors (Lipinski definition) is 2. The van der Waals surface area contributed by atoms with E-state index in [0.29, 0.717) is 5.88 Å². The molecule has 0 aliphatic heterocycles. The molecule has 3 N–H and O–H groups in total. The van der Waals surface area contributed by atoms with Gasteiger partial charge in [0.2, 0.25) is 11.8 Å². The van der Waals surface area contributed by atoms with Crippen LogP contribution in [0.15, 0.2) is 10.6 Å². The third kappa shape index (κ3) is 1.82. The topological polar surface area (TPSA) is 81.2 Å². The Bertz CT molecular complexity index is 402. The van der Waals surface area contributed by atoms with Crippen LogP contribution >= 0.6 is 0 Å². The highest BCUT2D eigenvalue weighted by Crippen LogP contribution is 2.37. The van der Waals surface area contributed by atoms with Crippen LogP contribution in [0.3, 0.4) is 0 Å². The molecule has 0 bridgehead atoms. The number of amides is 1. The zero-order valence-corrected chi connectivity index (χ0v) is 9.62. The molecule has 16 heavy (non-hydrogen) atoms. The Morgan fingerprint density at radius 2 is 2.50 bits per heavy atom. The number of aromatic nitrogens is 1. The molecule has 2 unspecified atom stereocenters. The number of anilines is 1. The van der Waals surface area contributed by atoms with Crippen molar-refractivity contribution in [3.8, 4) is 0 Å². The SMILES string of the molecule is Cc1cc(NC(=O)C2(C)CCCC2N)on1. The summed E-state index contributed by atoms with van der Waals surface area (Å²) >= 11 is 0. The Kier molecular flexibility index (Phi) is 2.71. The molecule has 2 atom stereocenters. The largest absolute Gasteiger partial charge is 0.338 e. The van der Waals surface area contributed by atoms with Crippen molar-refractivity contribution in [2.24, 2.45) is 11.1 Å². The normalized spacial score (nSPS) is 29.3. The average molecular weight is 223 g/mol. The van der Waals surface area contributed by atoms with Crippen LogP contribution in [0, 0.1) is 12.3 Å². The zero-order valence-electron chi connectivity index (χ0n) is 9.62. The highest BCUT2D eigenvalue weighted by atomic mass is 16.5. The highest BCUT2D eigenvalue weighted by Gasteiger charge is 2.43. The smallest absolute Gasteiger partial charge is 0.234 e. The molecule has 1 fully saturated rings. The monoisotopic (exact) mass is 223 g/mol. The van der Waals surface area contributed by atoms with Crippen molar-refractivity contribution in [3.05, 3.63) is 11.8 Å². The Hall–Kier alpha value is -1.36. The molecule has 1 amide bonds. The number of carbonyl (C=O) groups excluding carboxylic acids is 1. The fourth-order valence-corrected chi connectivity index (χ4v) is 2.15. The van der Waals surface area contributed by atoms with Gasteiger partial charge in [-0.25, -0.2) is 0 Å². The van der Waals surface area contributed by atoms with Gasteiger partial charge in [0.15, 0.2) is 0 Å². The van der Waals surface area contributed by atoms with Gasteiger partial charge in [0.25, 0.3) is 0 Å². The van der Waals surface area contributed by atoms with Crippen molar-refractivity contribution in [3.63, 3.8) is 0 Å². The predicted molar refractivity (Wildman–Crippen MR) is 59.8 cm³/mol. The van der Waals surface area contributed by atoms with E-state index in [1.807, 2.05) is 13.8 Å². The fourth-order valence-electron chi connectivity index (χ4n) is 2.15. The van der Waals surface area contributed by atoms with E-state index in [1.165, 1.54) is 0 Å². The molecule has 2 rings (SSSR count). The van der Waals surface area contributed by atoms with Crippen LogP contribution < -0.4 is 11.1 Å². The second-order valence-electron chi connectivity index (χ2n) is 4.70. The van der Waals surface area contributed by atoms with E-state index in [2.05, 4.69) is 10.5 Å². The van der Waals surface area contributed by atoms with Crippen molar-refractivity contribution in [1.29, 1.82) is 0 Å². The summed E-state index contributed by atoms with van der Waals surface area (Å²) in [5, 5.41) is 6.44. The lowest BCUT2D eigenvalue weighted by Crippen LogP contribution is -2.44. The van der Waals surface area contributed by atoms with Crippen molar-refractivity contribution in [1.82, 2.24) is 5.16 Å². The molecule has 88 valence electrons. The summed E-state index contributed by atoms with van der Waals surface area (Å²) < 4.78 is 4.95. The van der Waals surface area contributed by atoms with Crippen molar-refractivity contribution in [2.75, 3.05) is 5.32 Å². The lowest BCUT2D eigenvalue weighted by atomic mass is 9.84. The molecule has 0 radical (unpaired) electrons. The minimum atomic E-state index is -0.485. The van der Waals surface area contributed by atoms with Crippen molar-refractivity contribution < 1.29 is 9.32 Å². The molecular weight excluding hydrogens is 206 g/mol. The zero-order chi connectivity index (χ0) is 11.8. The Morgan fingerprint density at radius 1 is 1.75 bits per heavy atom. The summed E-state index contributed by atoms with van der Waals surface area (Å²) in [6.45, 7) is 3.71. The molecule has 1 heterocycles. The maximum Gasteiger partial charge on any atom is 0.234 e. The van der Waals surface area contributed by atoms with Gasteiger partial charge < -0.3 is 10.3 Å². The van der Waals surface area contributed by atoms with E-state index in [-0.39, 0.29) is 11.9 Å². The van der Waals surface area contributed by atoms with Crippen molar-refractivity contribution in [2.45, 2.75) is 39.2 Å². The van der Waals surface area contributed by atoms with Crippen molar-refractivity contribution >= 4 is 11.8 Å². The Labute approximate surface area is 94.4 Å². The minimum absolute atomic E-state index is 0.0727. The summed E-state index contributed by atoms with van der Waals surface area (Å²) in [7, 11) is 0. The first kappa shape index (κ1) is 11.1. The number of rotatable bonds is 2. The lowest BCUT2D eigenvalue weighted by molar-refractivity contribution is -0.125. The summed E-state index contributed by atoms with van der Waals surface area (Å²) in [6.07, 6.45) is 2.73. The maximum absolute atomic E-state index is 12.1. The van der Waals surface area contributed by atoms with Crippen LogP contribution in [0.5, 0.6) is 0 Å². The second kappa shape index (κ2) is 3.90. The number of nitrogens with one attached hydrogen (secondary N) is 1. The summed E-state index contributed by atoms with van der Waals surface area (Å²) in [4.78, 5) is 12.1. The van der Waals surface area contributed by atoms with E-state index in [1.54, 1.807) is 6.07 Å². The van der Waals surface area contributed by atoms with Gasteiger partial charge in [0.1, 0.15) is 0 Å². The third-order valence-electron chi connectivity index (χ3n) is 3.41. The lowest BCUT2D eigenvalue weighted by Gasteiger charge is -2.26. The molecule has 1 aliphatic rings. The molecule has 0 aromatic carbocycles. The van der Waals surface area contributed by atoms with Gasteiger partial charge in [-0.2, -0.15) is 0 Å². The van der Waals surface area contributed by atoms with E-state index in [4.69, 9.17) is 10.3 Å². The minimum Gasteiger partial charge on any atom is -0.338 e. The summed E-state index contributed by atoms with van der Waals surface area (Å²) in [5.74, 6) is 0.316. The van der Waals surface area contributed by atoms with Crippen LogP contribution in [-0.2, 0) is 4.79 Å². The maximum atomic E-state index is 12.1.